The summed E-state index contributed by atoms with van der Waals surface area (Å²) in [6, 6.07) is 7.01. The van der Waals surface area contributed by atoms with Gasteiger partial charge in [0.1, 0.15) is 12.4 Å². The first-order valence-electron chi connectivity index (χ1n) is 5.10. The van der Waals surface area contributed by atoms with Gasteiger partial charge in [-0.3, -0.25) is 4.72 Å². The second-order valence-corrected chi connectivity index (χ2v) is 6.07. The topological polar surface area (TPSA) is 79.5 Å². The molecule has 0 aliphatic rings. The van der Waals surface area contributed by atoms with Gasteiger partial charge in [-0.15, -0.1) is 0 Å². The zero-order valence-corrected chi connectivity index (χ0v) is 11.8. The van der Waals surface area contributed by atoms with Crippen molar-refractivity contribution in [3.63, 3.8) is 0 Å². The molecule has 0 aliphatic carbocycles. The minimum atomic E-state index is -3.91. The molecular weight excluding hydrogens is 313 g/mol. The van der Waals surface area contributed by atoms with Crippen LogP contribution in [0, 0.1) is 0 Å². The van der Waals surface area contributed by atoms with Crippen LogP contribution in [-0.2, 0) is 16.6 Å². The van der Waals surface area contributed by atoms with Gasteiger partial charge < -0.3 is 9.52 Å². The SMILES string of the molecule is O=S(=O)(Nc1cc(Cl)ccc1Cl)c1ccc(CO)o1. The van der Waals surface area contributed by atoms with Crippen LogP contribution in [0.2, 0.25) is 10.0 Å². The zero-order valence-electron chi connectivity index (χ0n) is 9.43. The number of rotatable bonds is 4. The van der Waals surface area contributed by atoms with Gasteiger partial charge in [-0.2, -0.15) is 8.42 Å². The minimum Gasteiger partial charge on any atom is -0.445 e. The highest BCUT2D eigenvalue weighted by molar-refractivity contribution is 7.92. The summed E-state index contributed by atoms with van der Waals surface area (Å²) in [5, 5.41) is 9.08. The van der Waals surface area contributed by atoms with Gasteiger partial charge in [0, 0.05) is 5.02 Å². The number of sulfonamides is 1. The summed E-state index contributed by atoms with van der Waals surface area (Å²) in [5.74, 6) is 0.151. The van der Waals surface area contributed by atoms with Gasteiger partial charge >= 0.3 is 0 Å². The molecule has 0 spiro atoms. The van der Waals surface area contributed by atoms with Crippen molar-refractivity contribution >= 4 is 38.9 Å². The smallest absolute Gasteiger partial charge is 0.295 e. The number of hydrogen-bond donors (Lipinski definition) is 2. The Hall–Kier alpha value is -1.21. The van der Waals surface area contributed by atoms with Crippen molar-refractivity contribution in [2.75, 3.05) is 4.72 Å². The lowest BCUT2D eigenvalue weighted by Crippen LogP contribution is -2.12. The Morgan fingerprint density at radius 2 is 1.95 bits per heavy atom. The number of aliphatic hydroxyl groups excluding tert-OH is 1. The van der Waals surface area contributed by atoms with E-state index in [1.54, 1.807) is 6.07 Å². The summed E-state index contributed by atoms with van der Waals surface area (Å²) in [4.78, 5) is 0. The largest absolute Gasteiger partial charge is 0.445 e. The molecule has 1 aromatic carbocycles. The van der Waals surface area contributed by atoms with Crippen LogP contribution < -0.4 is 4.72 Å². The number of benzene rings is 1. The van der Waals surface area contributed by atoms with Crippen molar-refractivity contribution in [2.24, 2.45) is 0 Å². The monoisotopic (exact) mass is 321 g/mol. The second-order valence-electron chi connectivity index (χ2n) is 3.61. The van der Waals surface area contributed by atoms with Crippen LogP contribution in [0.1, 0.15) is 5.76 Å². The molecule has 0 aliphatic heterocycles. The van der Waals surface area contributed by atoms with Crippen molar-refractivity contribution in [3.8, 4) is 0 Å². The molecule has 8 heteroatoms. The van der Waals surface area contributed by atoms with E-state index in [0.29, 0.717) is 5.02 Å². The predicted octanol–water partition coefficient (Wildman–Crippen LogP) is 2.88. The number of nitrogens with one attached hydrogen (secondary N) is 1. The van der Waals surface area contributed by atoms with E-state index in [0.717, 1.165) is 0 Å². The lowest BCUT2D eigenvalue weighted by atomic mass is 10.3. The third kappa shape index (κ3) is 3.22. The van der Waals surface area contributed by atoms with E-state index in [4.69, 9.17) is 32.7 Å². The van der Waals surface area contributed by atoms with Gasteiger partial charge in [0.2, 0.25) is 5.09 Å². The first-order valence-corrected chi connectivity index (χ1v) is 7.34. The quantitative estimate of drug-likeness (QED) is 0.907. The first kappa shape index (κ1) is 14.2. The third-order valence-corrected chi connectivity index (χ3v) is 4.03. The van der Waals surface area contributed by atoms with Crippen molar-refractivity contribution in [2.45, 2.75) is 11.7 Å². The molecule has 102 valence electrons. The van der Waals surface area contributed by atoms with Crippen LogP contribution in [0.4, 0.5) is 5.69 Å². The van der Waals surface area contributed by atoms with Crippen LogP contribution in [-0.4, -0.2) is 13.5 Å². The number of aliphatic hydroxyl groups is 1. The van der Waals surface area contributed by atoms with Crippen LogP contribution in [0.25, 0.3) is 0 Å². The Bertz CT molecular complexity index is 696. The number of halogens is 2. The summed E-state index contributed by atoms with van der Waals surface area (Å²) >= 11 is 11.6. The molecule has 0 atom stereocenters. The van der Waals surface area contributed by atoms with Crippen LogP contribution in [0.5, 0.6) is 0 Å². The molecule has 1 heterocycles. The van der Waals surface area contributed by atoms with Crippen molar-refractivity contribution in [3.05, 3.63) is 46.1 Å². The van der Waals surface area contributed by atoms with Crippen LogP contribution >= 0.6 is 23.2 Å². The Balaban J connectivity index is 2.33. The highest BCUT2D eigenvalue weighted by Crippen LogP contribution is 2.28. The van der Waals surface area contributed by atoms with E-state index in [9.17, 15) is 8.42 Å². The van der Waals surface area contributed by atoms with E-state index in [2.05, 4.69) is 4.72 Å². The number of hydrogen-bond acceptors (Lipinski definition) is 4. The summed E-state index contributed by atoms with van der Waals surface area (Å²) in [6.45, 7) is -0.382. The van der Waals surface area contributed by atoms with Crippen molar-refractivity contribution in [1.82, 2.24) is 0 Å². The van der Waals surface area contributed by atoms with Gasteiger partial charge in [-0.05, 0) is 30.3 Å². The molecule has 2 N–H and O–H groups in total. The third-order valence-electron chi connectivity index (χ3n) is 2.23. The molecule has 1 aromatic heterocycles. The average molecular weight is 322 g/mol. The molecule has 0 saturated carbocycles. The highest BCUT2D eigenvalue weighted by atomic mass is 35.5. The molecule has 0 bridgehead atoms. The molecule has 5 nitrogen and oxygen atoms in total. The highest BCUT2D eigenvalue weighted by Gasteiger charge is 2.20. The van der Waals surface area contributed by atoms with E-state index in [1.165, 1.54) is 24.3 Å². The zero-order chi connectivity index (χ0) is 14.0. The van der Waals surface area contributed by atoms with E-state index in [1.807, 2.05) is 0 Å². The Morgan fingerprint density at radius 3 is 2.58 bits per heavy atom. The Labute approximate surface area is 119 Å². The fraction of sp³-hybridized carbons (Fsp3) is 0.0909. The van der Waals surface area contributed by atoms with Gasteiger partial charge in [-0.25, -0.2) is 0 Å². The van der Waals surface area contributed by atoms with E-state index < -0.39 is 10.0 Å². The molecule has 0 radical (unpaired) electrons. The Kier molecular flexibility index (Phi) is 4.05. The fourth-order valence-corrected chi connectivity index (χ4v) is 2.77. The average Bonchev–Trinajstić information content (AvgIpc) is 2.83. The van der Waals surface area contributed by atoms with Crippen molar-refractivity contribution in [1.29, 1.82) is 0 Å². The van der Waals surface area contributed by atoms with Crippen LogP contribution in [0.3, 0.4) is 0 Å². The van der Waals surface area contributed by atoms with Gasteiger partial charge in [0.25, 0.3) is 10.0 Å². The fourth-order valence-electron chi connectivity index (χ4n) is 1.36. The van der Waals surface area contributed by atoms with Crippen LogP contribution in [0.15, 0.2) is 39.8 Å². The summed E-state index contributed by atoms with van der Waals surface area (Å²) in [7, 11) is -3.91. The summed E-state index contributed by atoms with van der Waals surface area (Å²) < 4.78 is 31.2. The second kappa shape index (κ2) is 5.42. The van der Waals surface area contributed by atoms with Gasteiger partial charge in [-0.1, -0.05) is 23.2 Å². The van der Waals surface area contributed by atoms with Gasteiger partial charge in [0.05, 0.1) is 10.7 Å². The maximum absolute atomic E-state index is 12.0. The number of anilines is 1. The first-order chi connectivity index (χ1) is 8.92. The Morgan fingerprint density at radius 1 is 1.21 bits per heavy atom. The normalized spacial score (nSPS) is 11.5. The maximum Gasteiger partial charge on any atom is 0.295 e. The molecule has 0 unspecified atom stereocenters. The maximum atomic E-state index is 12.0. The standard InChI is InChI=1S/C11H9Cl2NO4S/c12-7-1-3-9(13)10(5-7)14-19(16,17)11-4-2-8(6-15)18-11/h1-5,14-15H,6H2. The lowest BCUT2D eigenvalue weighted by molar-refractivity contribution is 0.236. The summed E-state index contributed by atoms with van der Waals surface area (Å²) in [5.41, 5.74) is 0.149. The lowest BCUT2D eigenvalue weighted by Gasteiger charge is -2.07. The molecule has 0 saturated heterocycles. The molecule has 0 fully saturated rings. The molecule has 2 aromatic rings. The number of furan rings is 1. The minimum absolute atomic E-state index is 0.149. The molecule has 19 heavy (non-hydrogen) atoms. The molecular formula is C11H9Cl2NO4S. The predicted molar refractivity (Wildman–Crippen MR) is 71.9 cm³/mol. The van der Waals surface area contributed by atoms with Crippen molar-refractivity contribution < 1.29 is 17.9 Å². The van der Waals surface area contributed by atoms with Gasteiger partial charge in [0.15, 0.2) is 0 Å². The molecule has 2 rings (SSSR count). The van der Waals surface area contributed by atoms with E-state index in [-0.39, 0.29) is 28.2 Å². The molecule has 0 amide bonds. The van der Waals surface area contributed by atoms with E-state index >= 15 is 0 Å². The summed E-state index contributed by atoms with van der Waals surface area (Å²) in [6.07, 6.45) is 0.